The van der Waals surface area contributed by atoms with Crippen LogP contribution in [0.4, 0.5) is 0 Å². The van der Waals surface area contributed by atoms with Gasteiger partial charge in [0.15, 0.2) is 5.96 Å². The number of hydrogen-bond acceptors (Lipinski definition) is 3. The van der Waals surface area contributed by atoms with Crippen molar-refractivity contribution in [2.75, 3.05) is 52.9 Å². The van der Waals surface area contributed by atoms with Crippen LogP contribution >= 0.6 is 15.9 Å². The van der Waals surface area contributed by atoms with E-state index in [2.05, 4.69) is 81.5 Å². The Labute approximate surface area is 172 Å². The first kappa shape index (κ1) is 20.6. The van der Waals surface area contributed by atoms with Crippen LogP contribution in [0.5, 0.6) is 0 Å². The number of piperazine rings is 1. The van der Waals surface area contributed by atoms with Gasteiger partial charge >= 0.3 is 0 Å². The molecule has 0 amide bonds. The van der Waals surface area contributed by atoms with E-state index in [1.807, 2.05) is 0 Å². The lowest BCUT2D eigenvalue weighted by Crippen LogP contribution is -2.52. The van der Waals surface area contributed by atoms with Gasteiger partial charge in [-0.3, -0.25) is 9.89 Å². The van der Waals surface area contributed by atoms with Gasteiger partial charge in [-0.2, -0.15) is 0 Å². The Morgan fingerprint density at radius 3 is 2.52 bits per heavy atom. The molecule has 1 heterocycles. The zero-order valence-corrected chi connectivity index (χ0v) is 18.6. The van der Waals surface area contributed by atoms with Crippen molar-refractivity contribution >= 4 is 21.9 Å². The predicted octanol–water partition coefficient (Wildman–Crippen LogP) is 2.67. The van der Waals surface area contributed by atoms with Crippen molar-refractivity contribution in [3.63, 3.8) is 0 Å². The van der Waals surface area contributed by atoms with Crippen LogP contribution in [-0.2, 0) is 5.41 Å². The lowest BCUT2D eigenvalue weighted by atomic mass is 9.96. The highest BCUT2D eigenvalue weighted by Gasteiger charge is 2.45. The predicted molar refractivity (Wildman–Crippen MR) is 118 cm³/mol. The van der Waals surface area contributed by atoms with Crippen LogP contribution in [0, 0.1) is 0 Å². The molecule has 5 nitrogen and oxygen atoms in total. The topological polar surface area (TPSA) is 42.9 Å². The lowest BCUT2D eigenvalue weighted by molar-refractivity contribution is 0.120. The average Bonchev–Trinajstić information content (AvgIpc) is 3.45. The third-order valence-corrected chi connectivity index (χ3v) is 6.60. The standard InChI is InChI=1S/C21H34BrN5/c1-4-23-20(24-15-17(2)27-13-11-26(3)12-14-27)25-16-21(9-10-21)18-7-5-6-8-19(18)22/h5-8,17H,4,9-16H2,1-3H3,(H2,23,24,25). The van der Waals surface area contributed by atoms with Gasteiger partial charge in [-0.15, -0.1) is 0 Å². The minimum atomic E-state index is 0.214. The Morgan fingerprint density at radius 1 is 1.19 bits per heavy atom. The van der Waals surface area contributed by atoms with Crippen LogP contribution in [0.25, 0.3) is 0 Å². The number of rotatable bonds is 7. The van der Waals surface area contributed by atoms with Crippen LogP contribution in [-0.4, -0.2) is 74.7 Å². The van der Waals surface area contributed by atoms with Gasteiger partial charge in [0.1, 0.15) is 0 Å². The van der Waals surface area contributed by atoms with Crippen molar-refractivity contribution in [2.24, 2.45) is 4.99 Å². The molecule has 1 aromatic rings. The smallest absolute Gasteiger partial charge is 0.191 e. The third kappa shape index (κ3) is 5.46. The van der Waals surface area contributed by atoms with Crippen LogP contribution < -0.4 is 10.6 Å². The number of guanidine groups is 1. The molecule has 2 N–H and O–H groups in total. The van der Waals surface area contributed by atoms with Crippen molar-refractivity contribution in [1.82, 2.24) is 20.4 Å². The van der Waals surface area contributed by atoms with Crippen molar-refractivity contribution in [2.45, 2.75) is 38.1 Å². The summed E-state index contributed by atoms with van der Waals surface area (Å²) < 4.78 is 1.21. The van der Waals surface area contributed by atoms with Gasteiger partial charge in [-0.25, -0.2) is 0 Å². The average molecular weight is 436 g/mol. The zero-order chi connectivity index (χ0) is 19.3. The molecule has 3 rings (SSSR count). The van der Waals surface area contributed by atoms with E-state index in [0.29, 0.717) is 6.04 Å². The van der Waals surface area contributed by atoms with Crippen molar-refractivity contribution in [3.05, 3.63) is 34.3 Å². The third-order valence-electron chi connectivity index (χ3n) is 5.91. The molecule has 0 radical (unpaired) electrons. The summed E-state index contributed by atoms with van der Waals surface area (Å²) in [6.07, 6.45) is 2.44. The molecule has 1 unspecified atom stereocenters. The Kier molecular flexibility index (Phi) is 7.17. The van der Waals surface area contributed by atoms with Gasteiger partial charge in [0, 0.05) is 55.2 Å². The van der Waals surface area contributed by atoms with E-state index in [1.54, 1.807) is 0 Å². The maximum absolute atomic E-state index is 4.94. The normalized spacial score (nSPS) is 21.7. The zero-order valence-electron chi connectivity index (χ0n) is 17.0. The van der Waals surface area contributed by atoms with E-state index >= 15 is 0 Å². The van der Waals surface area contributed by atoms with Gasteiger partial charge in [-0.05, 0) is 45.4 Å². The maximum Gasteiger partial charge on any atom is 0.191 e. The Morgan fingerprint density at radius 2 is 1.89 bits per heavy atom. The molecule has 2 aliphatic rings. The number of benzene rings is 1. The van der Waals surface area contributed by atoms with Gasteiger partial charge in [0.05, 0.1) is 6.54 Å². The number of likely N-dealkylation sites (N-methyl/N-ethyl adjacent to an activating group) is 1. The second kappa shape index (κ2) is 9.39. The minimum Gasteiger partial charge on any atom is -0.357 e. The van der Waals surface area contributed by atoms with Crippen LogP contribution in [0.3, 0.4) is 0 Å². The molecule has 6 heteroatoms. The number of hydrogen-bond donors (Lipinski definition) is 2. The quantitative estimate of drug-likeness (QED) is 0.510. The summed E-state index contributed by atoms with van der Waals surface area (Å²) >= 11 is 3.72. The summed E-state index contributed by atoms with van der Waals surface area (Å²) in [4.78, 5) is 9.91. The summed E-state index contributed by atoms with van der Waals surface area (Å²) in [7, 11) is 2.20. The SMILES string of the molecule is CCNC(=NCC1(c2ccccc2Br)CC1)NCC(C)N1CCN(C)CC1. The van der Waals surface area contributed by atoms with E-state index in [4.69, 9.17) is 4.99 Å². The summed E-state index contributed by atoms with van der Waals surface area (Å²) in [6, 6.07) is 9.10. The highest BCUT2D eigenvalue weighted by molar-refractivity contribution is 9.10. The second-order valence-corrected chi connectivity index (χ2v) is 8.88. The van der Waals surface area contributed by atoms with Gasteiger partial charge in [0.25, 0.3) is 0 Å². The highest BCUT2D eigenvalue weighted by atomic mass is 79.9. The van der Waals surface area contributed by atoms with E-state index in [0.717, 1.165) is 51.8 Å². The number of aliphatic imine (C=N–C) groups is 1. The largest absolute Gasteiger partial charge is 0.357 e. The fourth-order valence-corrected chi connectivity index (χ4v) is 4.47. The first-order valence-corrected chi connectivity index (χ1v) is 11.0. The van der Waals surface area contributed by atoms with Crippen molar-refractivity contribution < 1.29 is 0 Å². The molecule has 27 heavy (non-hydrogen) atoms. The van der Waals surface area contributed by atoms with E-state index in [-0.39, 0.29) is 5.41 Å². The maximum atomic E-state index is 4.94. The molecule has 0 spiro atoms. The molecular formula is C21H34BrN5. The van der Waals surface area contributed by atoms with Gasteiger partial charge in [0.2, 0.25) is 0 Å². The molecule has 1 aromatic carbocycles. The number of nitrogens with zero attached hydrogens (tertiary/aromatic N) is 3. The lowest BCUT2D eigenvalue weighted by Gasteiger charge is -2.36. The van der Waals surface area contributed by atoms with Crippen LogP contribution in [0.2, 0.25) is 0 Å². The molecule has 1 aliphatic heterocycles. The molecule has 0 bridgehead atoms. The number of halogens is 1. The Bertz CT molecular complexity index is 635. The second-order valence-electron chi connectivity index (χ2n) is 8.02. The van der Waals surface area contributed by atoms with Crippen molar-refractivity contribution in [3.8, 4) is 0 Å². The van der Waals surface area contributed by atoms with Crippen LogP contribution in [0.1, 0.15) is 32.3 Å². The molecule has 1 saturated carbocycles. The molecule has 0 aromatic heterocycles. The first-order chi connectivity index (χ1) is 13.0. The molecular weight excluding hydrogens is 402 g/mol. The monoisotopic (exact) mass is 435 g/mol. The van der Waals surface area contributed by atoms with E-state index in [9.17, 15) is 0 Å². The Hall–Kier alpha value is -1.11. The van der Waals surface area contributed by atoms with Gasteiger partial charge in [-0.1, -0.05) is 34.1 Å². The van der Waals surface area contributed by atoms with Gasteiger partial charge < -0.3 is 15.5 Å². The van der Waals surface area contributed by atoms with E-state index in [1.165, 1.54) is 22.9 Å². The highest BCUT2D eigenvalue weighted by Crippen LogP contribution is 2.50. The summed E-state index contributed by atoms with van der Waals surface area (Å²) in [5.41, 5.74) is 1.61. The first-order valence-electron chi connectivity index (χ1n) is 10.2. The molecule has 1 aliphatic carbocycles. The fraction of sp³-hybridized carbons (Fsp3) is 0.667. The minimum absolute atomic E-state index is 0.214. The fourth-order valence-electron chi connectivity index (χ4n) is 3.76. The Balaban J connectivity index is 1.56. The summed E-state index contributed by atoms with van der Waals surface area (Å²) in [6.45, 7) is 11.7. The molecule has 1 atom stereocenters. The van der Waals surface area contributed by atoms with E-state index < -0.39 is 0 Å². The van der Waals surface area contributed by atoms with Crippen molar-refractivity contribution in [1.29, 1.82) is 0 Å². The van der Waals surface area contributed by atoms with Crippen LogP contribution in [0.15, 0.2) is 33.7 Å². The summed E-state index contributed by atoms with van der Waals surface area (Å²) in [5, 5.41) is 6.98. The molecule has 1 saturated heterocycles. The summed E-state index contributed by atoms with van der Waals surface area (Å²) in [5.74, 6) is 0.941. The molecule has 2 fully saturated rings. The number of nitrogens with one attached hydrogen (secondary N) is 2. The molecule has 150 valence electrons.